The predicted molar refractivity (Wildman–Crippen MR) is 76.6 cm³/mol. The van der Waals surface area contributed by atoms with Crippen molar-refractivity contribution in [1.82, 2.24) is 4.98 Å². The minimum atomic E-state index is 0.541. The SMILES string of the molecule is Nc1ccc2oc(-c3ccc(Cl)cc3Br)nc2c1. The molecule has 90 valence electrons. The Morgan fingerprint density at radius 1 is 1.17 bits per heavy atom. The number of rotatable bonds is 1. The third-order valence-corrected chi connectivity index (χ3v) is 3.46. The van der Waals surface area contributed by atoms with Crippen molar-refractivity contribution in [2.75, 3.05) is 5.73 Å². The predicted octanol–water partition coefficient (Wildman–Crippen LogP) is 4.49. The van der Waals surface area contributed by atoms with Crippen LogP contribution in [-0.4, -0.2) is 4.98 Å². The van der Waals surface area contributed by atoms with Gasteiger partial charge in [0.05, 0.1) is 5.56 Å². The Morgan fingerprint density at radius 2 is 2.00 bits per heavy atom. The number of nitrogens with two attached hydrogens (primary N) is 1. The number of fused-ring (bicyclic) bond motifs is 1. The zero-order valence-corrected chi connectivity index (χ0v) is 11.5. The fraction of sp³-hybridized carbons (Fsp3) is 0. The lowest BCUT2D eigenvalue weighted by molar-refractivity contribution is 0.619. The van der Waals surface area contributed by atoms with Crippen molar-refractivity contribution in [2.45, 2.75) is 0 Å². The molecule has 0 amide bonds. The Hall–Kier alpha value is -1.52. The number of hydrogen-bond donors (Lipinski definition) is 1. The van der Waals surface area contributed by atoms with Gasteiger partial charge in [-0.2, -0.15) is 0 Å². The van der Waals surface area contributed by atoms with E-state index in [9.17, 15) is 0 Å². The molecule has 1 heterocycles. The van der Waals surface area contributed by atoms with Crippen LogP contribution in [0.5, 0.6) is 0 Å². The number of aromatic nitrogens is 1. The molecule has 0 saturated carbocycles. The third kappa shape index (κ3) is 1.98. The van der Waals surface area contributed by atoms with E-state index in [1.165, 1.54) is 0 Å². The third-order valence-electron chi connectivity index (χ3n) is 2.57. The molecule has 0 fully saturated rings. The molecule has 0 saturated heterocycles. The number of anilines is 1. The molecule has 0 bridgehead atoms. The highest BCUT2D eigenvalue weighted by molar-refractivity contribution is 9.10. The van der Waals surface area contributed by atoms with Gasteiger partial charge < -0.3 is 10.2 Å². The van der Waals surface area contributed by atoms with Crippen LogP contribution in [-0.2, 0) is 0 Å². The van der Waals surface area contributed by atoms with Gasteiger partial charge in [-0.05, 0) is 52.3 Å². The van der Waals surface area contributed by atoms with E-state index in [0.717, 1.165) is 15.6 Å². The highest BCUT2D eigenvalue weighted by Crippen LogP contribution is 2.32. The van der Waals surface area contributed by atoms with Gasteiger partial charge in [-0.25, -0.2) is 4.98 Å². The van der Waals surface area contributed by atoms with Crippen molar-refractivity contribution >= 4 is 44.3 Å². The highest BCUT2D eigenvalue weighted by Gasteiger charge is 2.11. The molecule has 5 heteroatoms. The number of hydrogen-bond acceptors (Lipinski definition) is 3. The molecule has 0 aliphatic rings. The molecule has 0 aliphatic heterocycles. The van der Waals surface area contributed by atoms with Gasteiger partial charge in [0.15, 0.2) is 5.58 Å². The average molecular weight is 324 g/mol. The minimum Gasteiger partial charge on any atom is -0.436 e. The fourth-order valence-corrected chi connectivity index (χ4v) is 2.57. The molecule has 3 rings (SSSR count). The summed E-state index contributed by atoms with van der Waals surface area (Å²) in [6, 6.07) is 10.8. The highest BCUT2D eigenvalue weighted by atomic mass is 79.9. The summed E-state index contributed by atoms with van der Waals surface area (Å²) in [6.45, 7) is 0. The van der Waals surface area contributed by atoms with E-state index >= 15 is 0 Å². The summed E-state index contributed by atoms with van der Waals surface area (Å²) in [5.41, 5.74) is 8.69. The maximum atomic E-state index is 5.91. The first-order chi connectivity index (χ1) is 8.63. The zero-order chi connectivity index (χ0) is 12.7. The molecule has 0 radical (unpaired) electrons. The Kier molecular flexibility index (Phi) is 2.76. The first-order valence-electron chi connectivity index (χ1n) is 5.25. The van der Waals surface area contributed by atoms with Crippen LogP contribution in [0.1, 0.15) is 0 Å². The number of oxazole rings is 1. The maximum Gasteiger partial charge on any atom is 0.228 e. The number of benzene rings is 2. The van der Waals surface area contributed by atoms with Crippen LogP contribution in [0.15, 0.2) is 45.3 Å². The number of halogens is 2. The maximum absolute atomic E-state index is 5.91. The summed E-state index contributed by atoms with van der Waals surface area (Å²) in [5, 5.41) is 0.658. The summed E-state index contributed by atoms with van der Waals surface area (Å²) in [7, 11) is 0. The first kappa shape index (κ1) is 11.6. The summed E-state index contributed by atoms with van der Waals surface area (Å²) in [6.07, 6.45) is 0. The average Bonchev–Trinajstić information content (AvgIpc) is 2.71. The van der Waals surface area contributed by atoms with Gasteiger partial charge in [0, 0.05) is 15.2 Å². The molecule has 2 N–H and O–H groups in total. The minimum absolute atomic E-state index is 0.541. The second-order valence-corrected chi connectivity index (χ2v) is 5.16. The second kappa shape index (κ2) is 4.30. The summed E-state index contributed by atoms with van der Waals surface area (Å²) in [5.74, 6) is 0.541. The van der Waals surface area contributed by atoms with Gasteiger partial charge >= 0.3 is 0 Å². The van der Waals surface area contributed by atoms with Crippen LogP contribution in [0.25, 0.3) is 22.6 Å². The van der Waals surface area contributed by atoms with Gasteiger partial charge in [-0.3, -0.25) is 0 Å². The van der Waals surface area contributed by atoms with Gasteiger partial charge in [0.1, 0.15) is 5.52 Å². The number of nitrogen functional groups attached to an aromatic ring is 1. The van der Waals surface area contributed by atoms with Crippen molar-refractivity contribution in [3.63, 3.8) is 0 Å². The van der Waals surface area contributed by atoms with Crippen LogP contribution in [0.4, 0.5) is 5.69 Å². The lowest BCUT2D eigenvalue weighted by Crippen LogP contribution is -1.82. The molecule has 0 unspecified atom stereocenters. The molecular formula is C13H8BrClN2O. The van der Waals surface area contributed by atoms with Crippen LogP contribution < -0.4 is 5.73 Å². The monoisotopic (exact) mass is 322 g/mol. The molecule has 0 atom stereocenters. The summed E-state index contributed by atoms with van der Waals surface area (Å²) < 4.78 is 6.53. The summed E-state index contributed by atoms with van der Waals surface area (Å²) in [4.78, 5) is 4.41. The van der Waals surface area contributed by atoms with Crippen molar-refractivity contribution in [2.24, 2.45) is 0 Å². The quantitative estimate of drug-likeness (QED) is 0.671. The zero-order valence-electron chi connectivity index (χ0n) is 9.15. The van der Waals surface area contributed by atoms with Gasteiger partial charge in [-0.15, -0.1) is 0 Å². The molecule has 0 aliphatic carbocycles. The fourth-order valence-electron chi connectivity index (χ4n) is 1.72. The Balaban J connectivity index is 2.19. The molecule has 3 aromatic rings. The molecule has 3 nitrogen and oxygen atoms in total. The molecule has 1 aromatic heterocycles. The van der Waals surface area contributed by atoms with E-state index in [2.05, 4.69) is 20.9 Å². The van der Waals surface area contributed by atoms with Crippen LogP contribution in [0.2, 0.25) is 5.02 Å². The standard InChI is InChI=1S/C13H8BrClN2O/c14-10-5-7(15)1-3-9(10)13-17-11-6-8(16)2-4-12(11)18-13/h1-6H,16H2. The van der Waals surface area contributed by atoms with Gasteiger partial charge in [0.25, 0.3) is 0 Å². The van der Waals surface area contributed by atoms with Crippen LogP contribution in [0.3, 0.4) is 0 Å². The van der Waals surface area contributed by atoms with Crippen molar-refractivity contribution in [1.29, 1.82) is 0 Å². The smallest absolute Gasteiger partial charge is 0.228 e. The lowest BCUT2D eigenvalue weighted by Gasteiger charge is -1.99. The Bertz CT molecular complexity index is 739. The van der Waals surface area contributed by atoms with E-state index in [-0.39, 0.29) is 0 Å². The topological polar surface area (TPSA) is 52.0 Å². The van der Waals surface area contributed by atoms with Gasteiger partial charge in [0.2, 0.25) is 5.89 Å². The van der Waals surface area contributed by atoms with Crippen molar-refractivity contribution in [3.05, 3.63) is 45.9 Å². The van der Waals surface area contributed by atoms with E-state index in [0.29, 0.717) is 22.2 Å². The first-order valence-corrected chi connectivity index (χ1v) is 6.42. The van der Waals surface area contributed by atoms with E-state index in [1.807, 2.05) is 12.1 Å². The Morgan fingerprint density at radius 3 is 2.78 bits per heavy atom. The van der Waals surface area contributed by atoms with Crippen LogP contribution in [0, 0.1) is 0 Å². The Labute approximate surface area is 117 Å². The molecule has 2 aromatic carbocycles. The van der Waals surface area contributed by atoms with Crippen molar-refractivity contribution in [3.8, 4) is 11.5 Å². The molecular weight excluding hydrogens is 316 g/mol. The second-order valence-electron chi connectivity index (χ2n) is 3.87. The largest absolute Gasteiger partial charge is 0.436 e. The van der Waals surface area contributed by atoms with Crippen LogP contribution >= 0.6 is 27.5 Å². The van der Waals surface area contributed by atoms with E-state index in [4.69, 9.17) is 21.8 Å². The summed E-state index contributed by atoms with van der Waals surface area (Å²) >= 11 is 9.35. The molecule has 0 spiro atoms. The van der Waals surface area contributed by atoms with E-state index in [1.54, 1.807) is 24.3 Å². The molecule has 18 heavy (non-hydrogen) atoms. The van der Waals surface area contributed by atoms with Gasteiger partial charge in [-0.1, -0.05) is 11.6 Å². The lowest BCUT2D eigenvalue weighted by atomic mass is 10.2. The normalized spacial score (nSPS) is 11.0. The van der Waals surface area contributed by atoms with Crippen molar-refractivity contribution < 1.29 is 4.42 Å². The number of nitrogens with zero attached hydrogens (tertiary/aromatic N) is 1. The van der Waals surface area contributed by atoms with E-state index < -0.39 is 0 Å².